The zero-order valence-corrected chi connectivity index (χ0v) is 14.2. The standard InChI is InChI=1S/C18H20N4OS/c23-18(21-15-1-2-16-13(11-15)3-6-19-16)20-7-9-22-8-4-17-14(12-22)5-10-24-17/h1-3,5-6,10-11,19H,4,7-9,12H2,(H2,20,21,23). The highest BCUT2D eigenvalue weighted by Gasteiger charge is 2.16. The predicted molar refractivity (Wildman–Crippen MR) is 98.6 cm³/mol. The lowest BCUT2D eigenvalue weighted by molar-refractivity contribution is 0.239. The summed E-state index contributed by atoms with van der Waals surface area (Å²) in [5.41, 5.74) is 3.31. The van der Waals surface area contributed by atoms with Gasteiger partial charge in [-0.1, -0.05) is 0 Å². The zero-order valence-electron chi connectivity index (χ0n) is 13.3. The van der Waals surface area contributed by atoms with E-state index in [2.05, 4.69) is 32.0 Å². The van der Waals surface area contributed by atoms with Crippen LogP contribution < -0.4 is 10.6 Å². The Kier molecular flexibility index (Phi) is 4.23. The van der Waals surface area contributed by atoms with Gasteiger partial charge in [0.15, 0.2) is 0 Å². The highest BCUT2D eigenvalue weighted by atomic mass is 32.1. The number of hydrogen-bond acceptors (Lipinski definition) is 3. The summed E-state index contributed by atoms with van der Waals surface area (Å²) >= 11 is 1.85. The number of aromatic amines is 1. The Morgan fingerprint density at radius 1 is 1.29 bits per heavy atom. The smallest absolute Gasteiger partial charge is 0.319 e. The molecule has 0 unspecified atom stereocenters. The van der Waals surface area contributed by atoms with Gasteiger partial charge in [0.1, 0.15) is 0 Å². The Labute approximate surface area is 144 Å². The van der Waals surface area contributed by atoms with Crippen molar-refractivity contribution in [1.82, 2.24) is 15.2 Å². The fourth-order valence-corrected chi connectivity index (χ4v) is 4.02. The first-order chi connectivity index (χ1) is 11.8. The van der Waals surface area contributed by atoms with Gasteiger partial charge in [0.2, 0.25) is 0 Å². The van der Waals surface area contributed by atoms with E-state index < -0.39 is 0 Å². The minimum atomic E-state index is -0.155. The third kappa shape index (κ3) is 3.29. The van der Waals surface area contributed by atoms with Crippen molar-refractivity contribution in [2.24, 2.45) is 0 Å². The number of aromatic nitrogens is 1. The van der Waals surface area contributed by atoms with Gasteiger partial charge in [0, 0.05) is 53.8 Å². The molecule has 3 N–H and O–H groups in total. The number of amides is 2. The number of carbonyl (C=O) groups is 1. The minimum Gasteiger partial charge on any atom is -0.361 e. The molecule has 3 aromatic rings. The molecule has 2 amide bonds. The van der Waals surface area contributed by atoms with E-state index in [0.29, 0.717) is 6.54 Å². The second kappa shape index (κ2) is 6.67. The van der Waals surface area contributed by atoms with Crippen molar-refractivity contribution in [2.45, 2.75) is 13.0 Å². The van der Waals surface area contributed by atoms with Gasteiger partial charge < -0.3 is 15.6 Å². The van der Waals surface area contributed by atoms with Crippen LogP contribution in [0.4, 0.5) is 10.5 Å². The molecule has 3 heterocycles. The van der Waals surface area contributed by atoms with Crippen LogP contribution in [0.25, 0.3) is 10.9 Å². The van der Waals surface area contributed by atoms with Crippen LogP contribution in [-0.2, 0) is 13.0 Å². The molecule has 1 aliphatic heterocycles. The Hall–Kier alpha value is -2.31. The third-order valence-corrected chi connectivity index (χ3v) is 5.43. The summed E-state index contributed by atoms with van der Waals surface area (Å²) in [5.74, 6) is 0. The average molecular weight is 340 g/mol. The molecule has 0 saturated heterocycles. The molecule has 0 aliphatic carbocycles. The van der Waals surface area contributed by atoms with E-state index in [1.807, 2.05) is 41.8 Å². The molecular formula is C18H20N4OS. The number of anilines is 1. The molecule has 2 aromatic heterocycles. The second-order valence-electron chi connectivity index (χ2n) is 6.06. The van der Waals surface area contributed by atoms with E-state index in [1.54, 1.807) is 0 Å². The molecule has 4 rings (SSSR count). The summed E-state index contributed by atoms with van der Waals surface area (Å²) in [4.78, 5) is 19.1. The molecule has 124 valence electrons. The highest BCUT2D eigenvalue weighted by molar-refractivity contribution is 7.10. The maximum atomic E-state index is 12.0. The number of hydrogen-bond donors (Lipinski definition) is 3. The Bertz CT molecular complexity index is 853. The lowest BCUT2D eigenvalue weighted by atomic mass is 10.1. The van der Waals surface area contributed by atoms with Crippen molar-refractivity contribution in [2.75, 3.05) is 25.0 Å². The molecule has 0 radical (unpaired) electrons. The van der Waals surface area contributed by atoms with Gasteiger partial charge in [-0.3, -0.25) is 4.90 Å². The molecular weight excluding hydrogens is 320 g/mol. The maximum Gasteiger partial charge on any atom is 0.319 e. The quantitative estimate of drug-likeness (QED) is 0.682. The van der Waals surface area contributed by atoms with E-state index in [4.69, 9.17) is 0 Å². The second-order valence-corrected chi connectivity index (χ2v) is 7.06. The van der Waals surface area contributed by atoms with Gasteiger partial charge in [0.25, 0.3) is 0 Å². The van der Waals surface area contributed by atoms with Gasteiger partial charge in [-0.2, -0.15) is 0 Å². The van der Waals surface area contributed by atoms with E-state index in [-0.39, 0.29) is 6.03 Å². The molecule has 0 bridgehead atoms. The van der Waals surface area contributed by atoms with Gasteiger partial charge in [-0.15, -0.1) is 11.3 Å². The van der Waals surface area contributed by atoms with E-state index >= 15 is 0 Å². The van der Waals surface area contributed by atoms with Crippen molar-refractivity contribution in [1.29, 1.82) is 0 Å². The van der Waals surface area contributed by atoms with Crippen LogP contribution in [0.5, 0.6) is 0 Å². The Balaban J connectivity index is 1.25. The zero-order chi connectivity index (χ0) is 16.4. The maximum absolute atomic E-state index is 12.0. The van der Waals surface area contributed by atoms with Crippen molar-refractivity contribution in [3.05, 3.63) is 52.3 Å². The van der Waals surface area contributed by atoms with Crippen LogP contribution in [0, 0.1) is 0 Å². The number of benzene rings is 1. The lowest BCUT2D eigenvalue weighted by Crippen LogP contribution is -2.38. The fraction of sp³-hybridized carbons (Fsp3) is 0.278. The van der Waals surface area contributed by atoms with Crippen LogP contribution in [0.15, 0.2) is 41.9 Å². The van der Waals surface area contributed by atoms with Crippen LogP contribution in [-0.4, -0.2) is 35.5 Å². The average Bonchev–Trinajstić information content (AvgIpc) is 3.22. The first-order valence-corrected chi connectivity index (χ1v) is 9.05. The van der Waals surface area contributed by atoms with Crippen molar-refractivity contribution >= 4 is 34.0 Å². The van der Waals surface area contributed by atoms with Gasteiger partial charge in [0.05, 0.1) is 0 Å². The molecule has 5 nitrogen and oxygen atoms in total. The molecule has 0 fully saturated rings. The number of H-pyrrole nitrogens is 1. The molecule has 0 atom stereocenters. The van der Waals surface area contributed by atoms with Crippen LogP contribution >= 0.6 is 11.3 Å². The first-order valence-electron chi connectivity index (χ1n) is 8.17. The normalized spacial score (nSPS) is 14.5. The number of fused-ring (bicyclic) bond motifs is 2. The number of urea groups is 1. The summed E-state index contributed by atoms with van der Waals surface area (Å²) in [6.07, 6.45) is 3.02. The van der Waals surface area contributed by atoms with Crippen molar-refractivity contribution in [3.8, 4) is 0 Å². The number of nitrogens with one attached hydrogen (secondary N) is 3. The van der Waals surface area contributed by atoms with Crippen molar-refractivity contribution < 1.29 is 4.79 Å². The summed E-state index contributed by atoms with van der Waals surface area (Å²) in [7, 11) is 0. The molecule has 1 aliphatic rings. The summed E-state index contributed by atoms with van der Waals surface area (Å²) < 4.78 is 0. The molecule has 0 saturated carbocycles. The summed E-state index contributed by atoms with van der Waals surface area (Å²) in [6, 6.07) is 9.89. The molecule has 1 aromatic carbocycles. The largest absolute Gasteiger partial charge is 0.361 e. The monoisotopic (exact) mass is 340 g/mol. The van der Waals surface area contributed by atoms with E-state index in [1.165, 1.54) is 10.4 Å². The van der Waals surface area contributed by atoms with Gasteiger partial charge >= 0.3 is 6.03 Å². The molecule has 6 heteroatoms. The van der Waals surface area contributed by atoms with E-state index in [0.717, 1.165) is 42.6 Å². The summed E-state index contributed by atoms with van der Waals surface area (Å²) in [6.45, 7) is 3.59. The predicted octanol–water partition coefficient (Wildman–Crippen LogP) is 3.41. The molecule has 0 spiro atoms. The number of nitrogens with zero attached hydrogens (tertiary/aromatic N) is 1. The third-order valence-electron chi connectivity index (χ3n) is 4.41. The Morgan fingerprint density at radius 2 is 2.25 bits per heavy atom. The van der Waals surface area contributed by atoms with E-state index in [9.17, 15) is 4.79 Å². The number of thiophene rings is 1. The number of rotatable bonds is 4. The Morgan fingerprint density at radius 3 is 3.21 bits per heavy atom. The molecule has 24 heavy (non-hydrogen) atoms. The summed E-state index contributed by atoms with van der Waals surface area (Å²) in [5, 5.41) is 9.09. The van der Waals surface area contributed by atoms with Crippen LogP contribution in [0.3, 0.4) is 0 Å². The van der Waals surface area contributed by atoms with Crippen molar-refractivity contribution in [3.63, 3.8) is 0 Å². The minimum absolute atomic E-state index is 0.155. The lowest BCUT2D eigenvalue weighted by Gasteiger charge is -2.26. The fourth-order valence-electron chi connectivity index (χ4n) is 3.13. The number of carbonyl (C=O) groups excluding carboxylic acids is 1. The SMILES string of the molecule is O=C(NCCN1CCc2sccc2C1)Nc1ccc2[nH]ccc2c1. The van der Waals surface area contributed by atoms with Crippen LogP contribution in [0.2, 0.25) is 0 Å². The van der Waals surface area contributed by atoms with Crippen LogP contribution in [0.1, 0.15) is 10.4 Å². The van der Waals surface area contributed by atoms with Gasteiger partial charge in [-0.05, 0) is 47.7 Å². The first kappa shape index (κ1) is 15.2. The topological polar surface area (TPSA) is 60.2 Å². The van der Waals surface area contributed by atoms with Gasteiger partial charge in [-0.25, -0.2) is 4.79 Å². The highest BCUT2D eigenvalue weighted by Crippen LogP contribution is 2.23.